The van der Waals surface area contributed by atoms with Crippen molar-refractivity contribution >= 4 is 40.3 Å². The number of aryl methyl sites for hydroxylation is 2. The average molecular weight is 622 g/mol. The van der Waals surface area contributed by atoms with Crippen LogP contribution in [0.15, 0.2) is 71.3 Å². The fourth-order valence-corrected chi connectivity index (χ4v) is 5.34. The number of carboxylic acids is 1. The molecule has 1 heterocycles. The van der Waals surface area contributed by atoms with Crippen LogP contribution >= 0.6 is 22.6 Å². The van der Waals surface area contributed by atoms with E-state index in [0.717, 1.165) is 37.0 Å². The van der Waals surface area contributed by atoms with E-state index in [1.54, 1.807) is 6.92 Å². The molecule has 1 amide bonds. The lowest BCUT2D eigenvalue weighted by atomic mass is 9.93. The average Bonchev–Trinajstić information content (AvgIpc) is 3.64. The van der Waals surface area contributed by atoms with Crippen LogP contribution in [0.2, 0.25) is 0 Å². The van der Waals surface area contributed by atoms with Crippen LogP contribution in [0.5, 0.6) is 0 Å². The Hall–Kier alpha value is -3.66. The zero-order valence-corrected chi connectivity index (χ0v) is 23.4. The van der Waals surface area contributed by atoms with Crippen LogP contribution in [-0.2, 0) is 14.9 Å². The molecule has 0 aliphatic heterocycles. The fourth-order valence-electron chi connectivity index (χ4n) is 4.51. The zero-order valence-electron chi connectivity index (χ0n) is 21.2. The molecule has 1 atom stereocenters. The zero-order chi connectivity index (χ0) is 27.0. The summed E-state index contributed by atoms with van der Waals surface area (Å²) in [4.78, 5) is 24.4. The summed E-state index contributed by atoms with van der Waals surface area (Å²) in [7, 11) is 0. The maximum atomic E-state index is 12.7. The molecular formula is C30H27IN2O5. The van der Waals surface area contributed by atoms with Gasteiger partial charge in [0.25, 0.3) is 0 Å². The Kier molecular flexibility index (Phi) is 7.00. The number of nitrogens with zero attached hydrogens (tertiary/aromatic N) is 1. The smallest absolute Gasteiger partial charge is 0.412 e. The van der Waals surface area contributed by atoms with Crippen LogP contribution in [0, 0.1) is 17.4 Å². The van der Waals surface area contributed by atoms with Crippen molar-refractivity contribution < 1.29 is 24.0 Å². The van der Waals surface area contributed by atoms with E-state index in [9.17, 15) is 14.7 Å². The van der Waals surface area contributed by atoms with E-state index in [1.807, 2.05) is 80.6 Å². The van der Waals surface area contributed by atoms with Crippen molar-refractivity contribution in [2.75, 3.05) is 5.32 Å². The van der Waals surface area contributed by atoms with Gasteiger partial charge in [-0.2, -0.15) is 0 Å². The maximum absolute atomic E-state index is 12.7. The highest BCUT2D eigenvalue weighted by molar-refractivity contribution is 14.1. The molecule has 38 heavy (non-hydrogen) atoms. The van der Waals surface area contributed by atoms with E-state index in [-0.39, 0.29) is 0 Å². The molecule has 4 aromatic rings. The summed E-state index contributed by atoms with van der Waals surface area (Å²) in [6.07, 6.45) is 0.347. The number of hydrogen-bond acceptors (Lipinski definition) is 5. The number of amides is 1. The lowest BCUT2D eigenvalue weighted by Gasteiger charge is -2.15. The van der Waals surface area contributed by atoms with Crippen molar-refractivity contribution in [3.8, 4) is 22.5 Å². The number of aromatic nitrogens is 1. The second kappa shape index (κ2) is 10.2. The first-order chi connectivity index (χ1) is 18.2. The van der Waals surface area contributed by atoms with Crippen LogP contribution in [0.25, 0.3) is 22.5 Å². The van der Waals surface area contributed by atoms with Gasteiger partial charge in [-0.15, -0.1) is 0 Å². The first-order valence-corrected chi connectivity index (χ1v) is 13.4. The monoisotopic (exact) mass is 622 g/mol. The van der Waals surface area contributed by atoms with Crippen molar-refractivity contribution in [2.45, 2.75) is 45.1 Å². The van der Waals surface area contributed by atoms with Gasteiger partial charge in [0.15, 0.2) is 5.76 Å². The van der Waals surface area contributed by atoms with Crippen molar-refractivity contribution in [3.63, 3.8) is 0 Å². The van der Waals surface area contributed by atoms with Gasteiger partial charge in [0.2, 0.25) is 0 Å². The Balaban J connectivity index is 1.32. The van der Waals surface area contributed by atoms with Crippen molar-refractivity contribution in [1.82, 2.24) is 5.16 Å². The molecule has 0 unspecified atom stereocenters. The van der Waals surface area contributed by atoms with Gasteiger partial charge in [-0.05, 0) is 84.5 Å². The van der Waals surface area contributed by atoms with E-state index in [0.29, 0.717) is 30.0 Å². The standard InChI is InChI=1S/C30H27IN2O5/c1-17-4-6-20(7-5-17)19(3)37-29(36)32-26-18(2)33-38-27(26)22-10-8-21(9-11-22)24-13-12-23(16-25(24)31)30(14-15-30)28(34)35/h4-13,16,19H,14-15H2,1-3H3,(H,32,36)(H,34,35)/t19-/m1/s1. The highest BCUT2D eigenvalue weighted by Gasteiger charge is 2.51. The van der Waals surface area contributed by atoms with Gasteiger partial charge in [-0.1, -0.05) is 71.4 Å². The Morgan fingerprint density at radius 1 is 1.03 bits per heavy atom. The molecule has 0 saturated heterocycles. The van der Waals surface area contributed by atoms with Crippen LogP contribution in [0.4, 0.5) is 10.5 Å². The summed E-state index contributed by atoms with van der Waals surface area (Å²) >= 11 is 2.25. The quantitative estimate of drug-likeness (QED) is 0.205. The number of halogens is 1. The molecular weight excluding hydrogens is 595 g/mol. The van der Waals surface area contributed by atoms with Crippen molar-refractivity contribution in [1.29, 1.82) is 0 Å². The Morgan fingerprint density at radius 3 is 2.29 bits per heavy atom. The van der Waals surface area contributed by atoms with E-state index in [2.05, 4.69) is 33.1 Å². The number of aliphatic carboxylic acids is 1. The van der Waals surface area contributed by atoms with E-state index in [4.69, 9.17) is 9.26 Å². The lowest BCUT2D eigenvalue weighted by Crippen LogP contribution is -2.19. The van der Waals surface area contributed by atoms with Gasteiger partial charge >= 0.3 is 12.1 Å². The number of carboxylic acid groups (broad SMARTS) is 1. The third kappa shape index (κ3) is 5.05. The highest BCUT2D eigenvalue weighted by atomic mass is 127. The number of nitrogens with one attached hydrogen (secondary N) is 1. The van der Waals surface area contributed by atoms with Gasteiger partial charge in [0.05, 0.1) is 5.41 Å². The molecule has 1 saturated carbocycles. The molecule has 2 N–H and O–H groups in total. The minimum Gasteiger partial charge on any atom is -0.481 e. The first kappa shape index (κ1) is 26.0. The number of anilines is 1. The minimum absolute atomic E-state index is 0.419. The minimum atomic E-state index is -0.759. The Bertz CT molecular complexity index is 1500. The van der Waals surface area contributed by atoms with Crippen molar-refractivity contribution in [3.05, 3.63) is 92.7 Å². The summed E-state index contributed by atoms with van der Waals surface area (Å²) in [6, 6.07) is 21.5. The SMILES string of the molecule is Cc1ccc([C@@H](C)OC(=O)Nc2c(C)noc2-c2ccc(-c3ccc(C4(C(=O)O)CC4)cc3I)cc2)cc1. The highest BCUT2D eigenvalue weighted by Crippen LogP contribution is 2.49. The van der Waals surface area contributed by atoms with Crippen LogP contribution in [0.1, 0.15) is 48.3 Å². The van der Waals surface area contributed by atoms with Crippen LogP contribution in [0.3, 0.4) is 0 Å². The second-order valence-corrected chi connectivity index (χ2v) is 10.9. The third-order valence-corrected chi connectivity index (χ3v) is 7.95. The summed E-state index contributed by atoms with van der Waals surface area (Å²) < 4.78 is 12.1. The normalized spacial score (nSPS) is 14.5. The number of carbonyl (C=O) groups excluding carboxylic acids is 1. The number of hydrogen-bond donors (Lipinski definition) is 2. The third-order valence-electron chi connectivity index (χ3n) is 7.06. The first-order valence-electron chi connectivity index (χ1n) is 12.3. The molecule has 0 radical (unpaired) electrons. The molecule has 8 heteroatoms. The van der Waals surface area contributed by atoms with Gasteiger partial charge in [0, 0.05) is 9.13 Å². The summed E-state index contributed by atoms with van der Waals surface area (Å²) in [5.74, 6) is -0.318. The van der Waals surface area contributed by atoms with Crippen LogP contribution < -0.4 is 5.32 Å². The molecule has 1 aromatic heterocycles. The lowest BCUT2D eigenvalue weighted by molar-refractivity contribution is -0.140. The molecule has 1 fully saturated rings. The number of benzene rings is 3. The topological polar surface area (TPSA) is 102 Å². The molecule has 1 aliphatic rings. The van der Waals surface area contributed by atoms with Gasteiger partial charge in [0.1, 0.15) is 17.5 Å². The largest absolute Gasteiger partial charge is 0.481 e. The molecule has 0 spiro atoms. The summed E-state index contributed by atoms with van der Waals surface area (Å²) in [5, 5.41) is 16.4. The molecule has 0 bridgehead atoms. The van der Waals surface area contributed by atoms with Crippen molar-refractivity contribution in [2.24, 2.45) is 0 Å². The Morgan fingerprint density at radius 2 is 1.68 bits per heavy atom. The maximum Gasteiger partial charge on any atom is 0.412 e. The fraction of sp³-hybridized carbons (Fsp3) is 0.233. The molecule has 194 valence electrons. The van der Waals surface area contributed by atoms with E-state index < -0.39 is 23.6 Å². The molecule has 3 aromatic carbocycles. The molecule has 1 aliphatic carbocycles. The number of rotatable bonds is 7. The predicted octanol–water partition coefficient (Wildman–Crippen LogP) is 7.66. The second-order valence-electron chi connectivity index (χ2n) is 9.71. The van der Waals surface area contributed by atoms with E-state index >= 15 is 0 Å². The molecule has 5 rings (SSSR count). The molecule has 7 nitrogen and oxygen atoms in total. The van der Waals surface area contributed by atoms with Crippen LogP contribution in [-0.4, -0.2) is 22.3 Å². The summed E-state index contributed by atoms with van der Waals surface area (Å²) in [5.41, 5.74) is 5.93. The number of carbonyl (C=O) groups is 2. The predicted molar refractivity (Wildman–Crippen MR) is 153 cm³/mol. The van der Waals surface area contributed by atoms with E-state index in [1.165, 1.54) is 0 Å². The summed E-state index contributed by atoms with van der Waals surface area (Å²) in [6.45, 7) is 5.59. The van der Waals surface area contributed by atoms with Gasteiger partial charge in [-0.25, -0.2) is 4.79 Å². The number of ether oxygens (including phenoxy) is 1. The Labute approximate surface area is 234 Å². The van der Waals surface area contributed by atoms with Gasteiger partial charge in [-0.3, -0.25) is 10.1 Å². The van der Waals surface area contributed by atoms with Gasteiger partial charge < -0.3 is 14.4 Å².